The average Bonchev–Trinajstić information content (AvgIpc) is 3.01. The molecular weight excluding hydrogens is 374 g/mol. The first-order valence-electron chi connectivity index (χ1n) is 8.16. The molecular formula is C18H26ClN3O3S. The zero-order valence-electron chi connectivity index (χ0n) is 15.3. The number of thiophene rings is 1. The Morgan fingerprint density at radius 3 is 2.65 bits per heavy atom. The van der Waals surface area contributed by atoms with E-state index in [1.807, 2.05) is 38.1 Å². The highest BCUT2D eigenvalue weighted by molar-refractivity contribution is 7.16. The first-order chi connectivity index (χ1) is 12.3. The average molecular weight is 400 g/mol. The Kier molecular flexibility index (Phi) is 9.43. The number of methoxy groups -OCH3 is 1. The Morgan fingerprint density at radius 1 is 1.42 bits per heavy atom. The van der Waals surface area contributed by atoms with E-state index in [0.717, 1.165) is 33.9 Å². The molecule has 0 fully saturated rings. The van der Waals surface area contributed by atoms with Gasteiger partial charge in [0, 0.05) is 17.0 Å². The van der Waals surface area contributed by atoms with Gasteiger partial charge < -0.3 is 20.6 Å². The van der Waals surface area contributed by atoms with Gasteiger partial charge in [-0.15, -0.1) is 11.3 Å². The molecule has 0 unspecified atom stereocenters. The van der Waals surface area contributed by atoms with E-state index in [1.54, 1.807) is 5.01 Å². The summed E-state index contributed by atoms with van der Waals surface area (Å²) in [5.41, 5.74) is 9.29. The number of hydrogen-bond acceptors (Lipinski definition) is 7. The quantitative estimate of drug-likeness (QED) is 0.298. The number of esters is 1. The van der Waals surface area contributed by atoms with Gasteiger partial charge in [0.2, 0.25) is 0 Å². The topological polar surface area (TPSA) is 102 Å². The maximum Gasteiger partial charge on any atom is 0.305 e. The number of nitrogen functional groups attached to an aromatic ring is 1. The van der Waals surface area contributed by atoms with E-state index >= 15 is 0 Å². The van der Waals surface area contributed by atoms with Gasteiger partial charge in [-0.3, -0.25) is 4.79 Å². The molecule has 0 saturated carbocycles. The van der Waals surface area contributed by atoms with E-state index in [1.165, 1.54) is 18.4 Å². The van der Waals surface area contributed by atoms with Crippen molar-refractivity contribution in [3.8, 4) is 0 Å². The maximum absolute atomic E-state index is 10.8. The Morgan fingerprint density at radius 2 is 2.12 bits per heavy atom. The number of nitrogens with two attached hydrogens (primary N) is 2. The number of anilines is 2. The van der Waals surface area contributed by atoms with Gasteiger partial charge in [0.1, 0.15) is 0 Å². The maximum atomic E-state index is 10.8. The number of ether oxygens (including phenoxy) is 1. The minimum absolute atomic E-state index is 0.0619. The van der Waals surface area contributed by atoms with Crippen molar-refractivity contribution < 1.29 is 14.6 Å². The van der Waals surface area contributed by atoms with E-state index < -0.39 is 0 Å². The predicted octanol–water partition coefficient (Wildman–Crippen LogP) is 3.28. The van der Waals surface area contributed by atoms with Crippen LogP contribution in [0.5, 0.6) is 0 Å². The molecule has 2 aromatic rings. The van der Waals surface area contributed by atoms with E-state index in [2.05, 4.69) is 4.74 Å². The fourth-order valence-corrected chi connectivity index (χ4v) is 3.41. The largest absolute Gasteiger partial charge is 0.469 e. The summed E-state index contributed by atoms with van der Waals surface area (Å²) in [5.74, 6) is 5.48. The second kappa shape index (κ2) is 11.0. The number of aliphatic hydroxyl groups excluding tert-OH is 1. The van der Waals surface area contributed by atoms with Crippen molar-refractivity contribution in [2.24, 2.45) is 5.84 Å². The minimum atomic E-state index is -0.236. The van der Waals surface area contributed by atoms with E-state index in [9.17, 15) is 4.79 Å². The third kappa shape index (κ3) is 6.49. The lowest BCUT2D eigenvalue weighted by molar-refractivity contribution is -0.140. The molecule has 0 atom stereocenters. The van der Waals surface area contributed by atoms with Gasteiger partial charge in [0.15, 0.2) is 0 Å². The number of aliphatic hydroxyl groups is 1. The van der Waals surface area contributed by atoms with Crippen molar-refractivity contribution in [2.45, 2.75) is 33.3 Å². The van der Waals surface area contributed by atoms with Crippen LogP contribution in [0.2, 0.25) is 4.34 Å². The van der Waals surface area contributed by atoms with Gasteiger partial charge in [-0.25, -0.2) is 5.84 Å². The lowest BCUT2D eigenvalue weighted by Crippen LogP contribution is -2.31. The Labute approximate surface area is 163 Å². The van der Waals surface area contributed by atoms with Crippen LogP contribution in [0.25, 0.3) is 0 Å². The molecule has 0 saturated heterocycles. The Hall–Kier alpha value is -1.80. The number of hydrazine groups is 1. The highest BCUT2D eigenvalue weighted by Crippen LogP contribution is 2.28. The number of benzene rings is 1. The minimum Gasteiger partial charge on any atom is -0.469 e. The van der Waals surface area contributed by atoms with Crippen LogP contribution in [0.4, 0.5) is 11.4 Å². The number of carbonyl (C=O) groups excluding carboxylic acids is 1. The first-order valence-corrected chi connectivity index (χ1v) is 9.35. The van der Waals surface area contributed by atoms with E-state index in [0.29, 0.717) is 17.2 Å². The molecule has 1 aromatic carbocycles. The third-order valence-electron chi connectivity index (χ3n) is 3.73. The Balaban J connectivity index is 0.000000263. The Bertz CT molecular complexity index is 722. The fourth-order valence-electron chi connectivity index (χ4n) is 2.11. The summed E-state index contributed by atoms with van der Waals surface area (Å²) in [5, 5.41) is 10.5. The first kappa shape index (κ1) is 22.2. The third-order valence-corrected chi connectivity index (χ3v) is 5.23. The van der Waals surface area contributed by atoms with Crippen molar-refractivity contribution in [1.29, 1.82) is 0 Å². The molecule has 0 amide bonds. The van der Waals surface area contributed by atoms with Crippen LogP contribution in [0.1, 0.15) is 29.3 Å². The van der Waals surface area contributed by atoms with Crippen LogP contribution in [-0.2, 0) is 22.6 Å². The number of nitrogens with zero attached hydrogens (tertiary/aromatic N) is 1. The normalized spacial score (nSPS) is 10.1. The fraction of sp³-hybridized carbons (Fsp3) is 0.389. The van der Waals surface area contributed by atoms with Crippen LogP contribution < -0.4 is 16.6 Å². The SMILES string of the molecule is CCN(N)c1cccc(C)c1N.COC(=O)CCc1cc(CO)c(Cl)s1. The molecule has 6 nitrogen and oxygen atoms in total. The summed E-state index contributed by atoms with van der Waals surface area (Å²) in [6.07, 6.45) is 0.954. The smallest absolute Gasteiger partial charge is 0.305 e. The molecule has 5 N–H and O–H groups in total. The molecule has 144 valence electrons. The van der Waals surface area contributed by atoms with Crippen LogP contribution in [-0.4, -0.2) is 24.7 Å². The second-order valence-electron chi connectivity index (χ2n) is 5.54. The monoisotopic (exact) mass is 399 g/mol. The van der Waals surface area contributed by atoms with Crippen LogP contribution in [0, 0.1) is 6.92 Å². The summed E-state index contributed by atoms with van der Waals surface area (Å²) in [6, 6.07) is 7.67. The number of halogens is 1. The van der Waals surface area contributed by atoms with Crippen molar-refractivity contribution >= 4 is 40.3 Å². The molecule has 0 aliphatic heterocycles. The molecule has 0 aliphatic carbocycles. The van der Waals surface area contributed by atoms with Gasteiger partial charge in [-0.2, -0.15) is 0 Å². The number of hydrogen-bond donors (Lipinski definition) is 3. The van der Waals surface area contributed by atoms with E-state index in [-0.39, 0.29) is 12.6 Å². The molecule has 1 aromatic heterocycles. The number of rotatable bonds is 6. The summed E-state index contributed by atoms with van der Waals surface area (Å²) >= 11 is 7.23. The van der Waals surface area contributed by atoms with Gasteiger partial charge in [-0.1, -0.05) is 23.7 Å². The van der Waals surface area contributed by atoms with Gasteiger partial charge in [0.05, 0.1) is 35.8 Å². The zero-order valence-corrected chi connectivity index (χ0v) is 16.9. The molecule has 26 heavy (non-hydrogen) atoms. The zero-order chi connectivity index (χ0) is 19.7. The van der Waals surface area contributed by atoms with Gasteiger partial charge >= 0.3 is 5.97 Å². The predicted molar refractivity (Wildman–Crippen MR) is 108 cm³/mol. The number of aryl methyl sites for hydroxylation is 2. The number of para-hydroxylation sites is 1. The van der Waals surface area contributed by atoms with E-state index in [4.69, 9.17) is 28.3 Å². The van der Waals surface area contributed by atoms with Crippen LogP contribution >= 0.6 is 22.9 Å². The molecule has 8 heteroatoms. The van der Waals surface area contributed by atoms with Crippen LogP contribution in [0.3, 0.4) is 0 Å². The second-order valence-corrected chi connectivity index (χ2v) is 7.28. The lowest BCUT2D eigenvalue weighted by atomic mass is 10.1. The van der Waals surface area contributed by atoms with Crippen molar-refractivity contribution in [1.82, 2.24) is 0 Å². The number of carbonyl (C=O) groups is 1. The molecule has 0 radical (unpaired) electrons. The van der Waals surface area contributed by atoms with Crippen molar-refractivity contribution in [3.63, 3.8) is 0 Å². The molecule has 0 aliphatic rings. The summed E-state index contributed by atoms with van der Waals surface area (Å²) in [4.78, 5) is 11.8. The summed E-state index contributed by atoms with van der Waals surface area (Å²) in [7, 11) is 1.36. The highest BCUT2D eigenvalue weighted by Gasteiger charge is 2.08. The van der Waals surface area contributed by atoms with Crippen molar-refractivity contribution in [2.75, 3.05) is 24.4 Å². The molecule has 0 spiro atoms. The molecule has 2 rings (SSSR count). The van der Waals surface area contributed by atoms with Crippen molar-refractivity contribution in [3.05, 3.63) is 44.6 Å². The molecule has 1 heterocycles. The molecule has 0 bridgehead atoms. The summed E-state index contributed by atoms with van der Waals surface area (Å²) < 4.78 is 5.11. The van der Waals surface area contributed by atoms with Crippen LogP contribution in [0.15, 0.2) is 24.3 Å². The standard InChI is InChI=1S/C9H11ClO3S.C9H15N3/c1-13-8(12)3-2-7-4-6(5-11)9(10)14-7;1-3-12(11)8-6-4-5-7(2)9(8)10/h4,11H,2-3,5H2,1H3;4-6H,3,10-11H2,1-2H3. The summed E-state index contributed by atoms with van der Waals surface area (Å²) in [6.45, 7) is 4.66. The highest BCUT2D eigenvalue weighted by atomic mass is 35.5. The van der Waals surface area contributed by atoms with Gasteiger partial charge in [-0.05, 0) is 38.0 Å². The lowest BCUT2D eigenvalue weighted by Gasteiger charge is -2.19. The van der Waals surface area contributed by atoms with Gasteiger partial charge in [0.25, 0.3) is 0 Å².